The number of carboxylic acid groups (broad SMARTS) is 1. The van der Waals surface area contributed by atoms with Crippen molar-refractivity contribution in [3.8, 4) is 22.4 Å². The molecule has 0 aliphatic rings. The predicted molar refractivity (Wildman–Crippen MR) is 172 cm³/mol. The molecule has 244 valence electrons. The van der Waals surface area contributed by atoms with E-state index < -0.39 is 41.2 Å². The minimum absolute atomic E-state index is 0.0307. The average molecular weight is 643 g/mol. The normalized spacial score (nSPS) is 13.4. The molecule has 0 unspecified atom stereocenters. The van der Waals surface area contributed by atoms with E-state index in [0.29, 0.717) is 39.3 Å². The molecule has 4 aromatic rings. The highest BCUT2D eigenvalue weighted by Crippen LogP contribution is 2.43. The highest BCUT2D eigenvalue weighted by molar-refractivity contribution is 6.13. The monoisotopic (exact) mass is 642 g/mol. The van der Waals surface area contributed by atoms with Crippen molar-refractivity contribution in [1.82, 2.24) is 4.57 Å². The Hall–Kier alpha value is -5.26. The Balaban J connectivity index is 1.90. The minimum Gasteiger partial charge on any atom is -0.480 e. The number of aliphatic carboxylic acids is 1. The van der Waals surface area contributed by atoms with Crippen LogP contribution in [-0.4, -0.2) is 62.3 Å². The Morgan fingerprint density at radius 2 is 1.45 bits per heavy atom. The number of aliphatic hydroxyl groups excluding tert-OH is 1. The number of hydrogen-bond donors (Lipinski definition) is 4. The van der Waals surface area contributed by atoms with E-state index in [1.807, 2.05) is 50.2 Å². The SMILES string of the molecule is CC(C)c1c(C(=O)Nc2ccccc2)c(-c2ccccc2)c(-c2ccc(F)cc2)n1CC[C@H](O)C[C@@](O)(C=O)C(C=O)(C=O)C(=O)O. The van der Waals surface area contributed by atoms with Crippen LogP contribution in [0, 0.1) is 11.2 Å². The number of rotatable bonds is 15. The van der Waals surface area contributed by atoms with E-state index >= 15 is 0 Å². The second-order valence-corrected chi connectivity index (χ2v) is 11.6. The first kappa shape index (κ1) is 34.6. The van der Waals surface area contributed by atoms with Gasteiger partial charge < -0.3 is 39.6 Å². The molecule has 0 radical (unpaired) electrons. The molecule has 1 aromatic heterocycles. The topological polar surface area (TPSA) is 163 Å². The van der Waals surface area contributed by atoms with Crippen LogP contribution in [0.4, 0.5) is 10.1 Å². The molecule has 0 fully saturated rings. The van der Waals surface area contributed by atoms with Crippen molar-refractivity contribution in [2.24, 2.45) is 5.41 Å². The molecular weight excluding hydrogens is 607 g/mol. The number of amides is 1. The van der Waals surface area contributed by atoms with Crippen molar-refractivity contribution < 1.29 is 43.7 Å². The number of carbonyl (C=O) groups excluding carboxylic acids is 4. The third-order valence-electron chi connectivity index (χ3n) is 8.16. The number of anilines is 1. The quantitative estimate of drug-likeness (QED) is 0.105. The molecule has 0 saturated heterocycles. The maximum absolute atomic E-state index is 14.2. The Morgan fingerprint density at radius 3 is 1.96 bits per heavy atom. The fourth-order valence-corrected chi connectivity index (χ4v) is 5.78. The van der Waals surface area contributed by atoms with Crippen molar-refractivity contribution in [2.75, 3.05) is 5.32 Å². The van der Waals surface area contributed by atoms with Gasteiger partial charge in [0.1, 0.15) is 18.4 Å². The molecule has 1 heterocycles. The molecular formula is C36H35FN2O8. The van der Waals surface area contributed by atoms with Crippen molar-refractivity contribution in [3.63, 3.8) is 0 Å². The summed E-state index contributed by atoms with van der Waals surface area (Å²) in [6.07, 6.45) is -3.64. The largest absolute Gasteiger partial charge is 0.480 e. The molecule has 3 aromatic carbocycles. The number of aliphatic hydroxyl groups is 2. The van der Waals surface area contributed by atoms with Crippen LogP contribution in [0.15, 0.2) is 84.9 Å². The van der Waals surface area contributed by atoms with E-state index in [4.69, 9.17) is 0 Å². The van der Waals surface area contributed by atoms with Crippen LogP contribution in [-0.2, 0) is 25.7 Å². The molecule has 0 aliphatic heterocycles. The maximum atomic E-state index is 14.2. The van der Waals surface area contributed by atoms with Gasteiger partial charge in [0, 0.05) is 29.9 Å². The van der Waals surface area contributed by atoms with Crippen molar-refractivity contribution in [3.05, 3.63) is 102 Å². The number of benzene rings is 3. The molecule has 10 nitrogen and oxygen atoms in total. The minimum atomic E-state index is -3.13. The van der Waals surface area contributed by atoms with E-state index in [0.717, 1.165) is 0 Å². The van der Waals surface area contributed by atoms with Gasteiger partial charge in [-0.1, -0.05) is 62.4 Å². The number of aromatic nitrogens is 1. The third kappa shape index (κ3) is 6.81. The summed E-state index contributed by atoms with van der Waals surface area (Å²) in [6, 6.07) is 23.7. The number of carbonyl (C=O) groups is 5. The van der Waals surface area contributed by atoms with Crippen LogP contribution in [0.5, 0.6) is 0 Å². The molecule has 0 bridgehead atoms. The summed E-state index contributed by atoms with van der Waals surface area (Å²) in [6.45, 7) is 3.73. The summed E-state index contributed by atoms with van der Waals surface area (Å²) in [7, 11) is 0. The number of nitrogens with zero attached hydrogens (tertiary/aromatic N) is 1. The standard InChI is InChI=1S/C36H35FN2O8/c1-23(2)31-30(33(44)38-27-11-7-4-8-12-27)29(24-9-5-3-6-10-24)32(25-13-15-26(37)16-14-25)39(31)18-17-28(43)19-36(47,22-42)35(20-40,21-41)34(45)46/h3-16,20-23,28,43,47H,17-19H2,1-2H3,(H,38,44)(H,45,46)/t28-,36+/m0/s1. The summed E-state index contributed by atoms with van der Waals surface area (Å²) in [5, 5.41) is 34.5. The highest BCUT2D eigenvalue weighted by Gasteiger charge is 2.58. The average Bonchev–Trinajstić information content (AvgIpc) is 3.41. The molecule has 4 N–H and O–H groups in total. The van der Waals surface area contributed by atoms with Crippen LogP contribution >= 0.6 is 0 Å². The molecule has 0 saturated carbocycles. The van der Waals surface area contributed by atoms with Gasteiger partial charge in [-0.25, -0.2) is 4.39 Å². The second-order valence-electron chi connectivity index (χ2n) is 11.6. The fraction of sp³-hybridized carbons (Fsp3) is 0.250. The first-order chi connectivity index (χ1) is 22.4. The molecule has 47 heavy (non-hydrogen) atoms. The molecule has 2 atom stereocenters. The molecule has 1 amide bonds. The number of halogens is 1. The van der Waals surface area contributed by atoms with Gasteiger partial charge in [-0.05, 0) is 59.9 Å². The van der Waals surface area contributed by atoms with Gasteiger partial charge in [0.05, 0.1) is 17.4 Å². The summed E-state index contributed by atoms with van der Waals surface area (Å²) in [4.78, 5) is 61.3. The molecule has 4 rings (SSSR count). The summed E-state index contributed by atoms with van der Waals surface area (Å²) >= 11 is 0. The van der Waals surface area contributed by atoms with E-state index in [1.165, 1.54) is 12.1 Å². The van der Waals surface area contributed by atoms with E-state index in [1.54, 1.807) is 41.0 Å². The Bertz CT molecular complexity index is 1750. The number of carboxylic acids is 1. The number of hydrogen-bond acceptors (Lipinski definition) is 7. The summed E-state index contributed by atoms with van der Waals surface area (Å²) in [5.74, 6) is -3.22. The smallest absolute Gasteiger partial charge is 0.327 e. The molecule has 0 aliphatic carbocycles. The number of nitrogens with one attached hydrogen (secondary N) is 1. The van der Waals surface area contributed by atoms with Crippen molar-refractivity contribution in [1.29, 1.82) is 0 Å². The van der Waals surface area contributed by atoms with Gasteiger partial charge in [-0.3, -0.25) is 9.59 Å². The van der Waals surface area contributed by atoms with Crippen LogP contribution in [0.2, 0.25) is 0 Å². The maximum Gasteiger partial charge on any atom is 0.327 e. The Kier molecular flexibility index (Phi) is 10.6. The summed E-state index contributed by atoms with van der Waals surface area (Å²) < 4.78 is 15.9. The summed E-state index contributed by atoms with van der Waals surface area (Å²) in [5.41, 5.74) is -2.42. The predicted octanol–water partition coefficient (Wildman–Crippen LogP) is 4.88. The van der Waals surface area contributed by atoms with E-state index in [2.05, 4.69) is 5.32 Å². The lowest BCUT2D eigenvalue weighted by atomic mass is 9.71. The van der Waals surface area contributed by atoms with Gasteiger partial charge in [-0.2, -0.15) is 0 Å². The lowest BCUT2D eigenvalue weighted by Crippen LogP contribution is -2.58. The zero-order valence-electron chi connectivity index (χ0n) is 25.8. The van der Waals surface area contributed by atoms with Crippen LogP contribution < -0.4 is 5.32 Å². The highest BCUT2D eigenvalue weighted by atomic mass is 19.1. The lowest BCUT2D eigenvalue weighted by molar-refractivity contribution is -0.175. The Morgan fingerprint density at radius 1 is 0.872 bits per heavy atom. The molecule has 11 heteroatoms. The van der Waals surface area contributed by atoms with Gasteiger partial charge in [-0.15, -0.1) is 0 Å². The number of aldehydes is 3. The van der Waals surface area contributed by atoms with Crippen LogP contribution in [0.1, 0.15) is 48.7 Å². The van der Waals surface area contributed by atoms with Crippen molar-refractivity contribution in [2.45, 2.75) is 50.9 Å². The second kappa shape index (κ2) is 14.4. The van der Waals surface area contributed by atoms with Crippen LogP contribution in [0.3, 0.4) is 0 Å². The van der Waals surface area contributed by atoms with Crippen molar-refractivity contribution >= 4 is 36.4 Å². The van der Waals surface area contributed by atoms with Gasteiger partial charge in [0.15, 0.2) is 11.9 Å². The number of para-hydroxylation sites is 1. The van der Waals surface area contributed by atoms with Gasteiger partial charge >= 0.3 is 5.97 Å². The molecule has 0 spiro atoms. The van der Waals surface area contributed by atoms with E-state index in [9.17, 15) is 43.7 Å². The first-order valence-electron chi connectivity index (χ1n) is 14.9. The van der Waals surface area contributed by atoms with Gasteiger partial charge in [0.25, 0.3) is 5.91 Å². The zero-order chi connectivity index (χ0) is 34.4. The Labute approximate surface area is 270 Å². The zero-order valence-corrected chi connectivity index (χ0v) is 25.8. The third-order valence-corrected chi connectivity index (χ3v) is 8.16. The lowest BCUT2D eigenvalue weighted by Gasteiger charge is -2.33. The van der Waals surface area contributed by atoms with Crippen LogP contribution in [0.25, 0.3) is 22.4 Å². The van der Waals surface area contributed by atoms with E-state index in [-0.39, 0.29) is 37.7 Å². The first-order valence-corrected chi connectivity index (χ1v) is 14.9. The fourth-order valence-electron chi connectivity index (χ4n) is 5.78. The van der Waals surface area contributed by atoms with Gasteiger partial charge in [0.2, 0.25) is 5.41 Å².